The Bertz CT molecular complexity index is 1090. The summed E-state index contributed by atoms with van der Waals surface area (Å²) in [6.45, 7) is 0. The molecule has 30 heavy (non-hydrogen) atoms. The first kappa shape index (κ1) is 20.1. The van der Waals surface area contributed by atoms with Gasteiger partial charge in [0.2, 0.25) is 5.91 Å². The fourth-order valence-electron chi connectivity index (χ4n) is 3.81. The number of fused-ring (bicyclic) bond motifs is 1. The maximum Gasteiger partial charge on any atom is 0.337 e. The average Bonchev–Trinajstić information content (AvgIpc) is 3.12. The van der Waals surface area contributed by atoms with Crippen LogP contribution in [-0.2, 0) is 15.3 Å². The van der Waals surface area contributed by atoms with Crippen LogP contribution in [0, 0.1) is 17.1 Å². The van der Waals surface area contributed by atoms with Crippen molar-refractivity contribution in [2.45, 2.75) is 18.1 Å². The zero-order chi connectivity index (χ0) is 21.5. The van der Waals surface area contributed by atoms with Gasteiger partial charge in [0.15, 0.2) is 5.72 Å². The minimum Gasteiger partial charge on any atom is -0.465 e. The Labute approximate surface area is 176 Å². The molecule has 0 aromatic heterocycles. The lowest BCUT2D eigenvalue weighted by Crippen LogP contribution is -2.48. The Hall–Kier alpha value is -3.15. The van der Waals surface area contributed by atoms with E-state index in [-0.39, 0.29) is 18.1 Å². The Morgan fingerprint density at radius 2 is 1.93 bits per heavy atom. The third-order valence-electron chi connectivity index (χ3n) is 5.35. The van der Waals surface area contributed by atoms with E-state index in [9.17, 15) is 24.3 Å². The number of allylic oxidation sites excluding steroid dienone is 1. The van der Waals surface area contributed by atoms with E-state index in [2.05, 4.69) is 6.07 Å². The van der Waals surface area contributed by atoms with Gasteiger partial charge in [-0.3, -0.25) is 9.69 Å². The lowest BCUT2D eigenvalue weighted by Gasteiger charge is -2.38. The Morgan fingerprint density at radius 3 is 2.53 bits per heavy atom. The molecule has 2 atom stereocenters. The number of methoxy groups -OCH3 is 1. The molecule has 1 fully saturated rings. The molecule has 2 heterocycles. The van der Waals surface area contributed by atoms with Crippen LogP contribution in [0.25, 0.3) is 0 Å². The van der Waals surface area contributed by atoms with Crippen molar-refractivity contribution in [1.82, 2.24) is 4.90 Å². The summed E-state index contributed by atoms with van der Waals surface area (Å²) in [6, 6.07) is 14.1. The van der Waals surface area contributed by atoms with E-state index in [4.69, 9.17) is 4.74 Å². The van der Waals surface area contributed by atoms with Crippen molar-refractivity contribution in [3.8, 4) is 6.07 Å². The number of aliphatic hydroxyl groups is 1. The summed E-state index contributed by atoms with van der Waals surface area (Å²) in [7, 11) is 1.29. The second kappa shape index (κ2) is 7.59. The number of amides is 1. The predicted molar refractivity (Wildman–Crippen MR) is 107 cm³/mol. The van der Waals surface area contributed by atoms with Crippen LogP contribution in [0.1, 0.15) is 33.8 Å². The second-order valence-electron chi connectivity index (χ2n) is 7.04. The first-order chi connectivity index (χ1) is 14.4. The zero-order valence-electron chi connectivity index (χ0n) is 16.0. The van der Waals surface area contributed by atoms with Crippen LogP contribution >= 0.6 is 11.8 Å². The maximum absolute atomic E-state index is 13.3. The smallest absolute Gasteiger partial charge is 0.337 e. The molecule has 0 radical (unpaired) electrons. The number of esters is 1. The number of hydrogen-bond acceptors (Lipinski definition) is 6. The summed E-state index contributed by atoms with van der Waals surface area (Å²) in [4.78, 5) is 26.0. The van der Waals surface area contributed by atoms with Crippen LogP contribution in [0.4, 0.5) is 4.39 Å². The quantitative estimate of drug-likeness (QED) is 0.761. The van der Waals surface area contributed by atoms with Crippen molar-refractivity contribution in [2.24, 2.45) is 0 Å². The molecule has 8 heteroatoms. The first-order valence-electron chi connectivity index (χ1n) is 9.16. The van der Waals surface area contributed by atoms with Crippen molar-refractivity contribution < 1.29 is 23.8 Å². The minimum absolute atomic E-state index is 0.00592. The highest BCUT2D eigenvalue weighted by atomic mass is 32.2. The molecule has 2 aromatic carbocycles. The van der Waals surface area contributed by atoms with Gasteiger partial charge in [-0.1, -0.05) is 24.3 Å². The fourth-order valence-corrected chi connectivity index (χ4v) is 5.17. The lowest BCUT2D eigenvalue weighted by molar-refractivity contribution is -0.149. The van der Waals surface area contributed by atoms with Crippen LogP contribution in [0.5, 0.6) is 0 Å². The van der Waals surface area contributed by atoms with Crippen molar-refractivity contribution in [2.75, 3.05) is 12.9 Å². The van der Waals surface area contributed by atoms with Crippen LogP contribution in [0.2, 0.25) is 0 Å². The van der Waals surface area contributed by atoms with Gasteiger partial charge in [0.1, 0.15) is 5.82 Å². The summed E-state index contributed by atoms with van der Waals surface area (Å²) < 4.78 is 18.0. The molecule has 4 rings (SSSR count). The topological polar surface area (TPSA) is 90.6 Å². The number of carbonyl (C=O) groups is 2. The van der Waals surface area contributed by atoms with Gasteiger partial charge in [-0.05, 0) is 29.8 Å². The Morgan fingerprint density at radius 1 is 1.27 bits per heavy atom. The first-order valence-corrected chi connectivity index (χ1v) is 10.1. The molecule has 2 aliphatic rings. The number of hydrogen-bond donors (Lipinski definition) is 1. The summed E-state index contributed by atoms with van der Waals surface area (Å²) in [5, 5.41) is 21.5. The Balaban J connectivity index is 1.73. The second-order valence-corrected chi connectivity index (χ2v) is 8.01. The van der Waals surface area contributed by atoms with Crippen LogP contribution in [0.3, 0.4) is 0 Å². The van der Waals surface area contributed by atoms with Gasteiger partial charge < -0.3 is 9.84 Å². The van der Waals surface area contributed by atoms with E-state index in [1.165, 1.54) is 48.0 Å². The highest BCUT2D eigenvalue weighted by Crippen LogP contribution is 2.51. The molecule has 0 saturated carbocycles. The number of thioether (sulfide) groups is 1. The van der Waals surface area contributed by atoms with Gasteiger partial charge >= 0.3 is 5.97 Å². The number of rotatable bonds is 3. The van der Waals surface area contributed by atoms with Crippen LogP contribution in [-0.4, -0.2) is 34.7 Å². The van der Waals surface area contributed by atoms with Gasteiger partial charge in [-0.2, -0.15) is 5.26 Å². The normalized spacial score (nSPS) is 23.2. The third-order valence-corrected chi connectivity index (χ3v) is 6.57. The number of ether oxygens (including phenoxy) is 1. The van der Waals surface area contributed by atoms with Gasteiger partial charge in [-0.15, -0.1) is 11.8 Å². The van der Waals surface area contributed by atoms with Crippen LogP contribution in [0.15, 0.2) is 59.1 Å². The maximum atomic E-state index is 13.3. The molecule has 0 bridgehead atoms. The van der Waals surface area contributed by atoms with Gasteiger partial charge in [-0.25, -0.2) is 9.18 Å². The van der Waals surface area contributed by atoms with Crippen molar-refractivity contribution in [1.29, 1.82) is 5.26 Å². The minimum atomic E-state index is -1.65. The molecule has 0 aliphatic carbocycles. The highest BCUT2D eigenvalue weighted by molar-refractivity contribution is 8.03. The van der Waals surface area contributed by atoms with E-state index >= 15 is 0 Å². The fraction of sp³-hybridized carbons (Fsp3) is 0.227. The van der Waals surface area contributed by atoms with Crippen molar-refractivity contribution >= 4 is 23.6 Å². The predicted octanol–water partition coefficient (Wildman–Crippen LogP) is 3.26. The highest BCUT2D eigenvalue weighted by Gasteiger charge is 2.51. The molecule has 6 nitrogen and oxygen atoms in total. The SMILES string of the molecule is COC(=O)c1ccc([C@H]2CC(=O)N3C(=C2C#N)SC[C@]3(O)c2ccc(F)cc2)cc1. The number of carbonyl (C=O) groups excluding carboxylic acids is 2. The molecule has 1 amide bonds. The van der Waals surface area contributed by atoms with Crippen molar-refractivity contribution in [3.05, 3.63) is 81.6 Å². The third kappa shape index (κ3) is 3.16. The van der Waals surface area contributed by atoms with E-state index in [1.54, 1.807) is 24.3 Å². The monoisotopic (exact) mass is 424 g/mol. The van der Waals surface area contributed by atoms with E-state index < -0.39 is 23.4 Å². The standard InChI is InChI=1S/C22H17FN2O4S/c1-29-21(27)14-4-2-13(3-5-14)17-10-19(26)25-20(18(17)11-24)30-12-22(25,28)15-6-8-16(23)9-7-15/h2-9,17,28H,10,12H2,1H3/t17-,22+/m1/s1. The molecule has 2 aromatic rings. The molecule has 1 N–H and O–H groups in total. The van der Waals surface area contributed by atoms with Gasteiger partial charge in [0, 0.05) is 17.9 Å². The van der Waals surface area contributed by atoms with Crippen molar-refractivity contribution in [3.63, 3.8) is 0 Å². The molecule has 152 valence electrons. The number of halogens is 1. The molecular weight excluding hydrogens is 407 g/mol. The molecule has 1 saturated heterocycles. The lowest BCUT2D eigenvalue weighted by atomic mass is 9.85. The van der Waals surface area contributed by atoms with Gasteiger partial charge in [0.05, 0.1) is 35.1 Å². The zero-order valence-corrected chi connectivity index (χ0v) is 16.8. The molecule has 2 aliphatic heterocycles. The summed E-state index contributed by atoms with van der Waals surface area (Å²) >= 11 is 1.22. The number of nitriles is 1. The molecule has 0 unspecified atom stereocenters. The largest absolute Gasteiger partial charge is 0.465 e. The average molecular weight is 424 g/mol. The van der Waals surface area contributed by atoms with E-state index in [1.807, 2.05) is 0 Å². The van der Waals surface area contributed by atoms with Gasteiger partial charge in [0.25, 0.3) is 0 Å². The Kier molecular flexibility index (Phi) is 5.10. The van der Waals surface area contributed by atoms with E-state index in [0.717, 1.165) is 5.56 Å². The molecule has 0 spiro atoms. The summed E-state index contributed by atoms with van der Waals surface area (Å²) in [6.07, 6.45) is -0.00592. The number of benzene rings is 2. The van der Waals surface area contributed by atoms with Crippen LogP contribution < -0.4 is 0 Å². The summed E-state index contributed by atoms with van der Waals surface area (Å²) in [5.74, 6) is -1.59. The summed E-state index contributed by atoms with van der Waals surface area (Å²) in [5.41, 5.74) is 0.211. The molecular formula is C22H17FN2O4S. The number of nitrogens with zero attached hydrogens (tertiary/aromatic N) is 2. The van der Waals surface area contributed by atoms with E-state index in [0.29, 0.717) is 21.7 Å².